The van der Waals surface area contributed by atoms with E-state index in [1.165, 1.54) is 17.7 Å². The van der Waals surface area contributed by atoms with Crippen molar-refractivity contribution in [2.75, 3.05) is 50.8 Å². The summed E-state index contributed by atoms with van der Waals surface area (Å²) in [6, 6.07) is 2.14. The highest BCUT2D eigenvalue weighted by molar-refractivity contribution is 5.74. The topological polar surface area (TPSA) is 57.7 Å². The Morgan fingerprint density at radius 3 is 3.04 bits per heavy atom. The molecule has 0 radical (unpaired) electrons. The van der Waals surface area contributed by atoms with Gasteiger partial charge in [-0.3, -0.25) is 4.98 Å². The van der Waals surface area contributed by atoms with Gasteiger partial charge in [-0.15, -0.1) is 0 Å². The van der Waals surface area contributed by atoms with Crippen LogP contribution in [0.4, 0.5) is 10.5 Å². The van der Waals surface area contributed by atoms with Gasteiger partial charge in [-0.05, 0) is 50.2 Å². The summed E-state index contributed by atoms with van der Waals surface area (Å²) in [6.45, 7) is 8.01. The van der Waals surface area contributed by atoms with Crippen LogP contribution in [-0.2, 0) is 4.74 Å². The molecule has 3 heterocycles. The van der Waals surface area contributed by atoms with Crippen molar-refractivity contribution in [2.24, 2.45) is 5.92 Å². The maximum absolute atomic E-state index is 12.5. The number of aromatic nitrogens is 1. The smallest absolute Gasteiger partial charge is 0.317 e. The minimum atomic E-state index is 0.0741. The van der Waals surface area contributed by atoms with Gasteiger partial charge in [-0.25, -0.2) is 4.79 Å². The Morgan fingerprint density at radius 1 is 1.32 bits per heavy atom. The Morgan fingerprint density at radius 2 is 2.24 bits per heavy atom. The van der Waals surface area contributed by atoms with Gasteiger partial charge in [0.2, 0.25) is 0 Å². The van der Waals surface area contributed by atoms with Crippen molar-refractivity contribution >= 4 is 11.7 Å². The van der Waals surface area contributed by atoms with E-state index in [0.717, 1.165) is 65.2 Å². The van der Waals surface area contributed by atoms with Crippen LogP contribution in [0.3, 0.4) is 0 Å². The summed E-state index contributed by atoms with van der Waals surface area (Å²) >= 11 is 0. The van der Waals surface area contributed by atoms with Crippen LogP contribution in [0.25, 0.3) is 0 Å². The number of carbonyl (C=O) groups excluding carboxylic acids is 1. The molecule has 1 aromatic rings. The number of pyridine rings is 1. The van der Waals surface area contributed by atoms with E-state index in [-0.39, 0.29) is 6.03 Å². The molecule has 2 aliphatic heterocycles. The lowest BCUT2D eigenvalue weighted by Gasteiger charge is -2.25. The van der Waals surface area contributed by atoms with Gasteiger partial charge in [-0.1, -0.05) is 0 Å². The molecule has 0 bridgehead atoms. The SMILES string of the molecule is Cc1cnccc1N1CCCN(C(=O)NCCC2CCCOC2)CC1. The van der Waals surface area contributed by atoms with Crippen LogP contribution in [-0.4, -0.2) is 61.9 Å². The molecule has 0 spiro atoms. The number of urea groups is 1. The fourth-order valence-electron chi connectivity index (χ4n) is 3.71. The zero-order chi connectivity index (χ0) is 17.5. The first-order valence-electron chi connectivity index (χ1n) is 9.50. The highest BCUT2D eigenvalue weighted by Crippen LogP contribution is 2.20. The number of ether oxygens (including phenoxy) is 1. The van der Waals surface area contributed by atoms with E-state index >= 15 is 0 Å². The monoisotopic (exact) mass is 346 g/mol. The van der Waals surface area contributed by atoms with E-state index < -0.39 is 0 Å². The molecule has 2 fully saturated rings. The molecular weight excluding hydrogens is 316 g/mol. The molecule has 1 unspecified atom stereocenters. The molecule has 0 saturated carbocycles. The lowest BCUT2D eigenvalue weighted by molar-refractivity contribution is 0.0518. The zero-order valence-electron chi connectivity index (χ0n) is 15.2. The first-order valence-corrected chi connectivity index (χ1v) is 9.50. The average Bonchev–Trinajstić information content (AvgIpc) is 2.89. The molecule has 2 saturated heterocycles. The van der Waals surface area contributed by atoms with Crippen molar-refractivity contribution in [3.63, 3.8) is 0 Å². The van der Waals surface area contributed by atoms with Crippen LogP contribution in [0, 0.1) is 12.8 Å². The largest absolute Gasteiger partial charge is 0.381 e. The molecule has 25 heavy (non-hydrogen) atoms. The number of hydrogen-bond acceptors (Lipinski definition) is 4. The number of hydrogen-bond donors (Lipinski definition) is 1. The first kappa shape index (κ1) is 18.0. The van der Waals surface area contributed by atoms with Gasteiger partial charge in [0, 0.05) is 64.0 Å². The Hall–Kier alpha value is -1.82. The summed E-state index contributed by atoms with van der Waals surface area (Å²) in [4.78, 5) is 20.9. The van der Waals surface area contributed by atoms with E-state index in [4.69, 9.17) is 4.74 Å². The predicted octanol–water partition coefficient (Wildman–Crippen LogP) is 2.43. The third kappa shape index (κ3) is 5.08. The highest BCUT2D eigenvalue weighted by Gasteiger charge is 2.20. The number of rotatable bonds is 4. The van der Waals surface area contributed by atoms with Crippen LogP contribution in [0.5, 0.6) is 0 Å². The second kappa shape index (κ2) is 9.04. The summed E-state index contributed by atoms with van der Waals surface area (Å²) in [7, 11) is 0. The molecule has 6 nitrogen and oxygen atoms in total. The number of carbonyl (C=O) groups is 1. The number of aryl methyl sites for hydroxylation is 1. The zero-order valence-corrected chi connectivity index (χ0v) is 15.2. The molecular formula is C19H30N4O2. The van der Waals surface area contributed by atoms with Crippen LogP contribution >= 0.6 is 0 Å². The Labute approximate surface area is 150 Å². The van der Waals surface area contributed by atoms with E-state index in [0.29, 0.717) is 5.92 Å². The average molecular weight is 346 g/mol. The fraction of sp³-hybridized carbons (Fsp3) is 0.684. The number of nitrogens with one attached hydrogen (secondary N) is 1. The second-order valence-electron chi connectivity index (χ2n) is 7.09. The highest BCUT2D eigenvalue weighted by atomic mass is 16.5. The quantitative estimate of drug-likeness (QED) is 0.910. The summed E-state index contributed by atoms with van der Waals surface area (Å²) < 4.78 is 5.50. The molecule has 0 aliphatic carbocycles. The van der Waals surface area contributed by atoms with E-state index in [1.807, 2.05) is 17.3 Å². The van der Waals surface area contributed by atoms with Gasteiger partial charge in [0.1, 0.15) is 0 Å². The van der Waals surface area contributed by atoms with Crippen molar-refractivity contribution in [3.05, 3.63) is 24.0 Å². The summed E-state index contributed by atoms with van der Waals surface area (Å²) in [5, 5.41) is 3.10. The fourth-order valence-corrected chi connectivity index (χ4v) is 3.71. The van der Waals surface area contributed by atoms with Crippen molar-refractivity contribution in [3.8, 4) is 0 Å². The second-order valence-corrected chi connectivity index (χ2v) is 7.09. The minimum absolute atomic E-state index is 0.0741. The molecule has 1 N–H and O–H groups in total. The molecule has 0 aromatic carbocycles. The van der Waals surface area contributed by atoms with Gasteiger partial charge >= 0.3 is 6.03 Å². The van der Waals surface area contributed by atoms with Gasteiger partial charge in [0.05, 0.1) is 0 Å². The van der Waals surface area contributed by atoms with Crippen molar-refractivity contribution in [1.82, 2.24) is 15.2 Å². The van der Waals surface area contributed by atoms with E-state index in [2.05, 4.69) is 28.2 Å². The van der Waals surface area contributed by atoms with Gasteiger partial charge < -0.3 is 19.9 Å². The Kier molecular flexibility index (Phi) is 6.50. The molecule has 2 aliphatic rings. The molecule has 138 valence electrons. The Bertz CT molecular complexity index is 560. The molecule has 6 heteroatoms. The van der Waals surface area contributed by atoms with Crippen LogP contribution < -0.4 is 10.2 Å². The summed E-state index contributed by atoms with van der Waals surface area (Å²) in [6.07, 6.45) is 8.12. The van der Waals surface area contributed by atoms with Crippen LogP contribution in [0.1, 0.15) is 31.2 Å². The summed E-state index contributed by atoms with van der Waals surface area (Å²) in [5.74, 6) is 0.600. The molecule has 1 aromatic heterocycles. The number of nitrogens with zero attached hydrogens (tertiary/aromatic N) is 3. The molecule has 3 rings (SSSR count). The van der Waals surface area contributed by atoms with Gasteiger partial charge in [-0.2, -0.15) is 0 Å². The molecule has 2 amide bonds. The van der Waals surface area contributed by atoms with Gasteiger partial charge in [0.25, 0.3) is 0 Å². The van der Waals surface area contributed by atoms with Crippen molar-refractivity contribution < 1.29 is 9.53 Å². The minimum Gasteiger partial charge on any atom is -0.381 e. The number of amides is 2. The first-order chi connectivity index (χ1) is 12.2. The van der Waals surface area contributed by atoms with Crippen molar-refractivity contribution in [1.29, 1.82) is 0 Å². The van der Waals surface area contributed by atoms with Crippen LogP contribution in [0.2, 0.25) is 0 Å². The summed E-state index contributed by atoms with van der Waals surface area (Å²) in [5.41, 5.74) is 2.42. The van der Waals surface area contributed by atoms with Crippen molar-refractivity contribution in [2.45, 2.75) is 32.6 Å². The third-order valence-corrected chi connectivity index (χ3v) is 5.20. The maximum atomic E-state index is 12.5. The lowest BCUT2D eigenvalue weighted by atomic mass is 9.99. The predicted molar refractivity (Wildman–Crippen MR) is 98.9 cm³/mol. The van der Waals surface area contributed by atoms with Crippen LogP contribution in [0.15, 0.2) is 18.5 Å². The normalized spacial score (nSPS) is 21.7. The Balaban J connectivity index is 1.44. The number of anilines is 1. The van der Waals surface area contributed by atoms with E-state index in [1.54, 1.807) is 0 Å². The molecule has 1 atom stereocenters. The van der Waals surface area contributed by atoms with E-state index in [9.17, 15) is 4.79 Å². The third-order valence-electron chi connectivity index (χ3n) is 5.20. The van der Waals surface area contributed by atoms with Gasteiger partial charge in [0.15, 0.2) is 0 Å². The standard InChI is InChI=1S/C19H30N4O2/c1-16-14-20-7-6-18(16)22-9-3-10-23(12-11-22)19(24)21-8-5-17-4-2-13-25-15-17/h6-7,14,17H,2-5,8-13,15H2,1H3,(H,21,24). The lowest BCUT2D eigenvalue weighted by Crippen LogP contribution is -2.42. The maximum Gasteiger partial charge on any atom is 0.317 e.